The zero-order valence-corrected chi connectivity index (χ0v) is 11.3. The minimum Gasteiger partial charge on any atom is -0.493 e. The maximum Gasteiger partial charge on any atom is 0.314 e. The maximum absolute atomic E-state index is 11.3. The fraction of sp³-hybridized carbons (Fsp3) is 0.500. The predicted molar refractivity (Wildman–Crippen MR) is 73.0 cm³/mol. The smallest absolute Gasteiger partial charge is 0.314 e. The molecule has 0 unspecified atom stereocenters. The first-order valence-corrected chi connectivity index (χ1v) is 6.32. The normalized spacial score (nSPS) is 10.2. The zero-order chi connectivity index (χ0) is 13.4. The molecule has 4 nitrogen and oxygen atoms in total. The Morgan fingerprint density at radius 1 is 1.33 bits per heavy atom. The summed E-state index contributed by atoms with van der Waals surface area (Å²) in [6, 6.07) is 7.95. The molecule has 1 aromatic rings. The fourth-order valence-corrected chi connectivity index (χ4v) is 1.49. The minimum absolute atomic E-state index is 0.124. The second-order valence-electron chi connectivity index (χ2n) is 4.52. The molecule has 0 saturated carbocycles. The molecule has 0 saturated heterocycles. The van der Waals surface area contributed by atoms with Gasteiger partial charge in [-0.3, -0.25) is 0 Å². The van der Waals surface area contributed by atoms with E-state index in [2.05, 4.69) is 10.6 Å². The van der Waals surface area contributed by atoms with Gasteiger partial charge >= 0.3 is 6.03 Å². The van der Waals surface area contributed by atoms with Gasteiger partial charge in [0.05, 0.1) is 6.61 Å². The van der Waals surface area contributed by atoms with Gasteiger partial charge in [-0.25, -0.2) is 4.79 Å². The number of aryl methyl sites for hydroxylation is 1. The van der Waals surface area contributed by atoms with Crippen molar-refractivity contribution < 1.29 is 9.53 Å². The van der Waals surface area contributed by atoms with Crippen LogP contribution in [0.3, 0.4) is 0 Å². The molecule has 0 spiro atoms. The Morgan fingerprint density at radius 3 is 2.72 bits per heavy atom. The largest absolute Gasteiger partial charge is 0.493 e. The number of hydrogen-bond donors (Lipinski definition) is 2. The number of urea groups is 1. The van der Waals surface area contributed by atoms with Gasteiger partial charge in [0.2, 0.25) is 0 Å². The molecule has 0 fully saturated rings. The van der Waals surface area contributed by atoms with Gasteiger partial charge < -0.3 is 15.4 Å². The molecule has 1 aromatic carbocycles. The van der Waals surface area contributed by atoms with Crippen molar-refractivity contribution in [1.82, 2.24) is 10.6 Å². The van der Waals surface area contributed by atoms with Gasteiger partial charge in [-0.05, 0) is 38.8 Å². The zero-order valence-electron chi connectivity index (χ0n) is 11.3. The molecule has 0 aliphatic rings. The van der Waals surface area contributed by atoms with Gasteiger partial charge in [-0.15, -0.1) is 0 Å². The lowest BCUT2D eigenvalue weighted by Crippen LogP contribution is -2.40. The van der Waals surface area contributed by atoms with Crippen LogP contribution in [-0.4, -0.2) is 25.2 Å². The van der Waals surface area contributed by atoms with Crippen molar-refractivity contribution in [3.05, 3.63) is 29.8 Å². The van der Waals surface area contributed by atoms with Crippen LogP contribution in [0.1, 0.15) is 25.8 Å². The summed E-state index contributed by atoms with van der Waals surface area (Å²) < 4.78 is 5.63. The van der Waals surface area contributed by atoms with E-state index in [-0.39, 0.29) is 12.1 Å². The van der Waals surface area contributed by atoms with Crippen LogP contribution in [0, 0.1) is 6.92 Å². The third kappa shape index (κ3) is 5.57. The van der Waals surface area contributed by atoms with Crippen molar-refractivity contribution >= 4 is 6.03 Å². The van der Waals surface area contributed by atoms with Crippen molar-refractivity contribution in [3.63, 3.8) is 0 Å². The van der Waals surface area contributed by atoms with Gasteiger partial charge in [0.15, 0.2) is 0 Å². The Labute approximate surface area is 109 Å². The molecule has 0 aliphatic heterocycles. The van der Waals surface area contributed by atoms with E-state index in [9.17, 15) is 4.79 Å². The first kappa shape index (κ1) is 14.4. The Hall–Kier alpha value is -1.71. The standard InChI is InChI=1S/C14H22N2O2/c1-11(2)16-14(17)15-9-6-10-18-13-8-5-4-7-12(13)3/h4-5,7-8,11H,6,9-10H2,1-3H3,(H2,15,16,17). The van der Waals surface area contributed by atoms with E-state index in [4.69, 9.17) is 4.74 Å². The number of carbonyl (C=O) groups is 1. The molecule has 100 valence electrons. The predicted octanol–water partition coefficient (Wildman–Crippen LogP) is 2.47. The van der Waals surface area contributed by atoms with Crippen molar-refractivity contribution in [1.29, 1.82) is 0 Å². The second kappa shape index (κ2) is 7.58. The quantitative estimate of drug-likeness (QED) is 0.762. The molecule has 4 heteroatoms. The maximum atomic E-state index is 11.3. The van der Waals surface area contributed by atoms with Crippen molar-refractivity contribution in [2.45, 2.75) is 33.2 Å². The van der Waals surface area contributed by atoms with Crippen LogP contribution in [-0.2, 0) is 0 Å². The van der Waals surface area contributed by atoms with Crippen LogP contribution in [0.5, 0.6) is 5.75 Å². The summed E-state index contributed by atoms with van der Waals surface area (Å²) >= 11 is 0. The lowest BCUT2D eigenvalue weighted by atomic mass is 10.2. The van der Waals surface area contributed by atoms with Crippen molar-refractivity contribution in [2.75, 3.05) is 13.2 Å². The summed E-state index contributed by atoms with van der Waals surface area (Å²) in [4.78, 5) is 11.3. The Balaban J connectivity index is 2.12. The fourth-order valence-electron chi connectivity index (χ4n) is 1.49. The molecule has 0 heterocycles. The van der Waals surface area contributed by atoms with Gasteiger partial charge in [0.25, 0.3) is 0 Å². The molecule has 0 radical (unpaired) electrons. The summed E-state index contributed by atoms with van der Waals surface area (Å²) in [5, 5.41) is 5.55. The molecular weight excluding hydrogens is 228 g/mol. The van der Waals surface area contributed by atoms with Crippen LogP contribution in [0.15, 0.2) is 24.3 Å². The van der Waals surface area contributed by atoms with E-state index in [1.54, 1.807) is 0 Å². The van der Waals surface area contributed by atoms with Crippen LogP contribution < -0.4 is 15.4 Å². The summed E-state index contributed by atoms with van der Waals surface area (Å²) in [5.74, 6) is 0.907. The monoisotopic (exact) mass is 250 g/mol. The number of ether oxygens (including phenoxy) is 1. The van der Waals surface area contributed by atoms with Crippen molar-refractivity contribution in [2.24, 2.45) is 0 Å². The SMILES string of the molecule is Cc1ccccc1OCCCNC(=O)NC(C)C. The van der Waals surface area contributed by atoms with Crippen LogP contribution >= 0.6 is 0 Å². The van der Waals surface area contributed by atoms with Gasteiger partial charge in [0, 0.05) is 12.6 Å². The second-order valence-corrected chi connectivity index (χ2v) is 4.52. The summed E-state index contributed by atoms with van der Waals surface area (Å²) in [5.41, 5.74) is 1.13. The number of carbonyl (C=O) groups excluding carboxylic acids is 1. The van der Waals surface area contributed by atoms with Gasteiger partial charge in [0.1, 0.15) is 5.75 Å². The highest BCUT2D eigenvalue weighted by atomic mass is 16.5. The van der Waals surface area contributed by atoms with E-state index in [1.165, 1.54) is 0 Å². The first-order valence-electron chi connectivity index (χ1n) is 6.32. The number of para-hydroxylation sites is 1. The average molecular weight is 250 g/mol. The van der Waals surface area contributed by atoms with Gasteiger partial charge in [-0.2, -0.15) is 0 Å². The van der Waals surface area contributed by atoms with E-state index in [0.717, 1.165) is 17.7 Å². The number of amides is 2. The molecule has 18 heavy (non-hydrogen) atoms. The molecule has 1 rings (SSSR count). The highest BCUT2D eigenvalue weighted by Crippen LogP contribution is 2.15. The van der Waals surface area contributed by atoms with Crippen LogP contribution in [0.4, 0.5) is 4.79 Å². The summed E-state index contributed by atoms with van der Waals surface area (Å²) in [6.07, 6.45) is 0.792. The molecule has 0 aliphatic carbocycles. The average Bonchev–Trinajstić information content (AvgIpc) is 2.30. The van der Waals surface area contributed by atoms with Crippen LogP contribution in [0.2, 0.25) is 0 Å². The third-order valence-corrected chi connectivity index (χ3v) is 2.38. The number of rotatable bonds is 6. The summed E-state index contributed by atoms with van der Waals surface area (Å²) in [7, 11) is 0. The van der Waals surface area contributed by atoms with E-state index in [0.29, 0.717) is 13.2 Å². The van der Waals surface area contributed by atoms with E-state index in [1.807, 2.05) is 45.0 Å². The number of nitrogens with one attached hydrogen (secondary N) is 2. The number of hydrogen-bond acceptors (Lipinski definition) is 2. The third-order valence-electron chi connectivity index (χ3n) is 2.38. The molecule has 0 aromatic heterocycles. The lowest BCUT2D eigenvalue weighted by Gasteiger charge is -2.11. The van der Waals surface area contributed by atoms with Crippen LogP contribution in [0.25, 0.3) is 0 Å². The van der Waals surface area contributed by atoms with E-state index >= 15 is 0 Å². The lowest BCUT2D eigenvalue weighted by molar-refractivity contribution is 0.237. The minimum atomic E-state index is -0.124. The van der Waals surface area contributed by atoms with Crippen molar-refractivity contribution in [3.8, 4) is 5.75 Å². The topological polar surface area (TPSA) is 50.4 Å². The van der Waals surface area contributed by atoms with E-state index < -0.39 is 0 Å². The summed E-state index contributed by atoms with van der Waals surface area (Å²) in [6.45, 7) is 7.10. The molecular formula is C14H22N2O2. The van der Waals surface area contributed by atoms with Gasteiger partial charge in [-0.1, -0.05) is 18.2 Å². The Kier molecular flexibility index (Phi) is 6.05. The Morgan fingerprint density at radius 2 is 2.06 bits per heavy atom. The number of benzene rings is 1. The Bertz CT molecular complexity index is 378. The molecule has 0 atom stereocenters. The highest BCUT2D eigenvalue weighted by molar-refractivity contribution is 5.73. The molecule has 2 amide bonds. The highest BCUT2D eigenvalue weighted by Gasteiger charge is 2.01. The molecule has 0 bridgehead atoms. The first-order chi connectivity index (χ1) is 8.59. The molecule has 2 N–H and O–H groups in total.